The van der Waals surface area contributed by atoms with E-state index in [1.807, 2.05) is 18.2 Å². The van der Waals surface area contributed by atoms with Crippen LogP contribution in [0.3, 0.4) is 0 Å². The second-order valence-electron chi connectivity index (χ2n) is 3.98. The molecule has 0 saturated heterocycles. The molecule has 3 aromatic rings. The third-order valence-corrected chi connectivity index (χ3v) is 3.64. The Morgan fingerprint density at radius 2 is 2.18 bits per heavy atom. The normalized spacial score (nSPS) is 11.4. The van der Waals surface area contributed by atoms with Gasteiger partial charge in [0, 0.05) is 6.54 Å². The third kappa shape index (κ3) is 1.86. The fourth-order valence-corrected chi connectivity index (χ4v) is 2.67. The number of imidazole rings is 1. The largest absolute Gasteiger partial charge is 0.360 e. The molecule has 0 fully saturated rings. The molecule has 0 spiro atoms. The van der Waals surface area contributed by atoms with Gasteiger partial charge in [0.1, 0.15) is 0 Å². The molecule has 88 valence electrons. The lowest BCUT2D eigenvalue weighted by Crippen LogP contribution is -1.99. The van der Waals surface area contributed by atoms with Gasteiger partial charge >= 0.3 is 0 Å². The van der Waals surface area contributed by atoms with Gasteiger partial charge in [0.2, 0.25) is 10.9 Å². The van der Waals surface area contributed by atoms with Crippen molar-refractivity contribution in [3.05, 3.63) is 24.3 Å². The fourth-order valence-electron chi connectivity index (χ4n) is 1.79. The van der Waals surface area contributed by atoms with Crippen LogP contribution in [0.25, 0.3) is 16.8 Å². The molecule has 0 aliphatic heterocycles. The molecular formula is C12H14N4S. The highest BCUT2D eigenvalue weighted by atomic mass is 32.1. The summed E-state index contributed by atoms with van der Waals surface area (Å²) in [4.78, 5) is 8.97. The van der Waals surface area contributed by atoms with Gasteiger partial charge in [0.25, 0.3) is 0 Å². The summed E-state index contributed by atoms with van der Waals surface area (Å²) in [5.74, 6) is 0.787. The molecule has 2 aromatic heterocycles. The van der Waals surface area contributed by atoms with Gasteiger partial charge in [-0.3, -0.25) is 0 Å². The number of anilines is 1. The van der Waals surface area contributed by atoms with Gasteiger partial charge in [0.05, 0.1) is 11.0 Å². The molecule has 4 nitrogen and oxygen atoms in total. The van der Waals surface area contributed by atoms with E-state index in [1.165, 1.54) is 12.8 Å². The van der Waals surface area contributed by atoms with E-state index in [0.29, 0.717) is 0 Å². The van der Waals surface area contributed by atoms with Gasteiger partial charge in [-0.1, -0.05) is 25.5 Å². The first-order valence-electron chi connectivity index (χ1n) is 5.87. The van der Waals surface area contributed by atoms with Crippen molar-refractivity contribution in [2.24, 2.45) is 0 Å². The summed E-state index contributed by atoms with van der Waals surface area (Å²) >= 11 is 1.62. The second-order valence-corrected chi connectivity index (χ2v) is 4.92. The lowest BCUT2D eigenvalue weighted by molar-refractivity contribution is 0.833. The monoisotopic (exact) mass is 246 g/mol. The molecule has 1 N–H and O–H groups in total. The molecule has 0 aliphatic carbocycles. The number of hydrogen-bond acceptors (Lipinski definition) is 4. The standard InChI is InChI=1S/C12H14N4S/c1-2-3-8-13-12-15-11-14-9-6-4-5-7-10(9)16(11)17-12/h4-7H,2-3,8H2,1H3,(H,13,14,15). The average molecular weight is 246 g/mol. The molecular weight excluding hydrogens is 232 g/mol. The van der Waals surface area contributed by atoms with Crippen LogP contribution in [0.15, 0.2) is 24.3 Å². The first-order valence-corrected chi connectivity index (χ1v) is 6.64. The van der Waals surface area contributed by atoms with Crippen LogP contribution in [0.4, 0.5) is 5.13 Å². The Labute approximate surface area is 103 Å². The van der Waals surface area contributed by atoms with Crippen LogP contribution in [-0.4, -0.2) is 20.3 Å². The van der Waals surface area contributed by atoms with Crippen LogP contribution in [0, 0.1) is 0 Å². The van der Waals surface area contributed by atoms with E-state index in [9.17, 15) is 0 Å². The number of unbranched alkanes of at least 4 members (excludes halogenated alkanes) is 1. The highest BCUT2D eigenvalue weighted by molar-refractivity contribution is 7.10. The Hall–Kier alpha value is -1.62. The minimum absolute atomic E-state index is 0.787. The minimum atomic E-state index is 0.787. The Morgan fingerprint density at radius 1 is 1.29 bits per heavy atom. The summed E-state index contributed by atoms with van der Waals surface area (Å²) in [7, 11) is 0. The van der Waals surface area contributed by atoms with Crippen LogP contribution in [0.1, 0.15) is 19.8 Å². The summed E-state index contributed by atoms with van der Waals surface area (Å²) in [6.07, 6.45) is 2.36. The van der Waals surface area contributed by atoms with Gasteiger partial charge < -0.3 is 5.32 Å². The molecule has 0 bridgehead atoms. The third-order valence-electron chi connectivity index (χ3n) is 2.69. The molecule has 17 heavy (non-hydrogen) atoms. The molecule has 0 radical (unpaired) electrons. The van der Waals surface area contributed by atoms with Crippen LogP contribution < -0.4 is 5.32 Å². The van der Waals surface area contributed by atoms with E-state index in [2.05, 4.69) is 32.1 Å². The fraction of sp³-hybridized carbons (Fsp3) is 0.333. The molecule has 2 heterocycles. The number of benzene rings is 1. The average Bonchev–Trinajstić information content (AvgIpc) is 2.86. The molecule has 3 rings (SSSR count). The van der Waals surface area contributed by atoms with Crippen molar-refractivity contribution in [1.82, 2.24) is 13.8 Å². The predicted molar refractivity (Wildman–Crippen MR) is 71.8 cm³/mol. The topological polar surface area (TPSA) is 42.2 Å². The van der Waals surface area contributed by atoms with Crippen molar-refractivity contribution in [3.8, 4) is 0 Å². The zero-order valence-corrected chi connectivity index (χ0v) is 10.5. The van der Waals surface area contributed by atoms with Crippen molar-refractivity contribution in [2.45, 2.75) is 19.8 Å². The SMILES string of the molecule is CCCCNc1nc2nc3ccccc3n2s1. The van der Waals surface area contributed by atoms with Crippen LogP contribution >= 0.6 is 11.5 Å². The van der Waals surface area contributed by atoms with Crippen molar-refractivity contribution in [1.29, 1.82) is 0 Å². The van der Waals surface area contributed by atoms with Crippen LogP contribution in [-0.2, 0) is 0 Å². The van der Waals surface area contributed by atoms with Crippen molar-refractivity contribution >= 4 is 33.5 Å². The van der Waals surface area contributed by atoms with E-state index in [4.69, 9.17) is 0 Å². The zero-order chi connectivity index (χ0) is 11.7. The van der Waals surface area contributed by atoms with Gasteiger partial charge in [-0.2, -0.15) is 4.98 Å². The lowest BCUT2D eigenvalue weighted by Gasteiger charge is -1.98. The van der Waals surface area contributed by atoms with Crippen molar-refractivity contribution < 1.29 is 0 Å². The highest BCUT2D eigenvalue weighted by Gasteiger charge is 2.08. The van der Waals surface area contributed by atoms with Crippen molar-refractivity contribution in [2.75, 3.05) is 11.9 Å². The maximum absolute atomic E-state index is 4.49. The Balaban J connectivity index is 1.96. The molecule has 0 aliphatic rings. The summed E-state index contributed by atoms with van der Waals surface area (Å²) in [5, 5.41) is 4.28. The van der Waals surface area contributed by atoms with Gasteiger partial charge in [-0.25, -0.2) is 8.77 Å². The minimum Gasteiger partial charge on any atom is -0.360 e. The van der Waals surface area contributed by atoms with Gasteiger partial charge in [-0.15, -0.1) is 0 Å². The number of nitrogens with one attached hydrogen (secondary N) is 1. The first-order chi connectivity index (χ1) is 8.38. The van der Waals surface area contributed by atoms with Gasteiger partial charge in [0.15, 0.2) is 0 Å². The van der Waals surface area contributed by atoms with E-state index in [1.54, 1.807) is 11.5 Å². The summed E-state index contributed by atoms with van der Waals surface area (Å²) in [5.41, 5.74) is 2.13. The van der Waals surface area contributed by atoms with Crippen LogP contribution in [0.2, 0.25) is 0 Å². The van der Waals surface area contributed by atoms with E-state index >= 15 is 0 Å². The maximum Gasteiger partial charge on any atom is 0.247 e. The Morgan fingerprint density at radius 3 is 3.06 bits per heavy atom. The zero-order valence-electron chi connectivity index (χ0n) is 9.68. The van der Waals surface area contributed by atoms with Gasteiger partial charge in [-0.05, 0) is 30.1 Å². The van der Waals surface area contributed by atoms with Crippen molar-refractivity contribution in [3.63, 3.8) is 0 Å². The Bertz CT molecular complexity index is 640. The summed E-state index contributed by atoms with van der Waals surface area (Å²) in [6.45, 7) is 3.16. The molecule has 0 atom stereocenters. The molecule has 0 unspecified atom stereocenters. The van der Waals surface area contributed by atoms with E-state index in [0.717, 1.165) is 28.5 Å². The van der Waals surface area contributed by atoms with E-state index < -0.39 is 0 Å². The molecule has 5 heteroatoms. The highest BCUT2D eigenvalue weighted by Crippen LogP contribution is 2.22. The Kier molecular flexibility index (Phi) is 2.68. The lowest BCUT2D eigenvalue weighted by atomic mass is 10.3. The molecule has 0 saturated carbocycles. The first kappa shape index (κ1) is 10.5. The molecule has 0 amide bonds. The summed E-state index contributed by atoms with van der Waals surface area (Å²) in [6, 6.07) is 8.12. The molecule has 1 aromatic carbocycles. The number of aromatic nitrogens is 3. The number of rotatable bonds is 4. The maximum atomic E-state index is 4.49. The smallest absolute Gasteiger partial charge is 0.247 e. The number of nitrogens with zero attached hydrogens (tertiary/aromatic N) is 3. The number of fused-ring (bicyclic) bond motifs is 3. The number of para-hydroxylation sites is 2. The summed E-state index contributed by atoms with van der Waals surface area (Å²) < 4.78 is 2.07. The predicted octanol–water partition coefficient (Wildman–Crippen LogP) is 3.16. The van der Waals surface area contributed by atoms with Crippen LogP contribution in [0.5, 0.6) is 0 Å². The second kappa shape index (κ2) is 4.33. The van der Waals surface area contributed by atoms with E-state index in [-0.39, 0.29) is 0 Å². The number of hydrogen-bond donors (Lipinski definition) is 1. The quantitative estimate of drug-likeness (QED) is 0.719.